The summed E-state index contributed by atoms with van der Waals surface area (Å²) in [5.41, 5.74) is 1.47. The summed E-state index contributed by atoms with van der Waals surface area (Å²) in [5.74, 6) is 0.0799. The van der Waals surface area contributed by atoms with Crippen molar-refractivity contribution in [3.05, 3.63) is 42.5 Å². The third-order valence-electron chi connectivity index (χ3n) is 4.49. The third kappa shape index (κ3) is 2.58. The Morgan fingerprint density at radius 1 is 1.22 bits per heavy atom. The predicted octanol–water partition coefficient (Wildman–Crippen LogP) is 2.02. The zero-order valence-corrected chi connectivity index (χ0v) is 12.7. The second-order valence-corrected chi connectivity index (χ2v) is 5.86. The van der Waals surface area contributed by atoms with Crippen LogP contribution in [0.15, 0.2) is 36.9 Å². The van der Waals surface area contributed by atoms with Gasteiger partial charge >= 0.3 is 0 Å². The van der Waals surface area contributed by atoms with Gasteiger partial charge in [0.05, 0.1) is 17.8 Å². The fourth-order valence-corrected chi connectivity index (χ4v) is 3.28. The van der Waals surface area contributed by atoms with Crippen LogP contribution in [0.1, 0.15) is 35.7 Å². The van der Waals surface area contributed by atoms with E-state index < -0.39 is 0 Å². The molecule has 3 aromatic rings. The first-order valence-electron chi connectivity index (χ1n) is 7.90. The molecule has 1 amide bonds. The number of rotatable bonds is 2. The number of carbonyl (C=O) groups excluding carboxylic acids is 1. The molecule has 1 aliphatic rings. The molecule has 1 saturated heterocycles. The summed E-state index contributed by atoms with van der Waals surface area (Å²) in [6.45, 7) is 1.51. The van der Waals surface area contributed by atoms with Gasteiger partial charge in [0.25, 0.3) is 5.91 Å². The molecule has 0 bridgehead atoms. The standard InChI is InChI=1S/C16H18N6O/c23-16(14-4-7-18-15-13(14)3-6-17-15)21-9-1-2-12(5-10-21)22-11-8-19-20-22/h3-4,6-8,11-12H,1-2,5,9-10H2,(H,17,18). The minimum absolute atomic E-state index is 0.0799. The van der Waals surface area contributed by atoms with Gasteiger partial charge in [-0.2, -0.15) is 0 Å². The van der Waals surface area contributed by atoms with Crippen LogP contribution in [-0.4, -0.2) is 48.9 Å². The second-order valence-electron chi connectivity index (χ2n) is 5.86. The van der Waals surface area contributed by atoms with Crippen molar-refractivity contribution in [2.45, 2.75) is 25.3 Å². The van der Waals surface area contributed by atoms with Crippen molar-refractivity contribution >= 4 is 16.9 Å². The summed E-state index contributed by atoms with van der Waals surface area (Å²) in [6, 6.07) is 4.03. The van der Waals surface area contributed by atoms with Gasteiger partial charge in [-0.05, 0) is 31.4 Å². The van der Waals surface area contributed by atoms with E-state index in [2.05, 4.69) is 20.3 Å². The number of H-pyrrole nitrogens is 1. The predicted molar refractivity (Wildman–Crippen MR) is 84.9 cm³/mol. The van der Waals surface area contributed by atoms with Gasteiger partial charge in [-0.25, -0.2) is 9.67 Å². The molecule has 0 spiro atoms. The fourth-order valence-electron chi connectivity index (χ4n) is 3.28. The Labute approximate surface area is 133 Å². The van der Waals surface area contributed by atoms with Crippen LogP contribution in [0.3, 0.4) is 0 Å². The van der Waals surface area contributed by atoms with E-state index in [0.29, 0.717) is 6.04 Å². The molecule has 4 rings (SSSR count). The average Bonchev–Trinajstić information content (AvgIpc) is 3.21. The molecule has 1 unspecified atom stereocenters. The van der Waals surface area contributed by atoms with Gasteiger partial charge < -0.3 is 9.88 Å². The molecule has 1 fully saturated rings. The number of hydrogen-bond acceptors (Lipinski definition) is 4. The second kappa shape index (κ2) is 5.83. The molecule has 0 aromatic carbocycles. The number of nitrogens with zero attached hydrogens (tertiary/aromatic N) is 5. The molecule has 0 saturated carbocycles. The molecule has 7 heteroatoms. The first-order valence-corrected chi connectivity index (χ1v) is 7.90. The molecule has 1 N–H and O–H groups in total. The lowest BCUT2D eigenvalue weighted by molar-refractivity contribution is 0.0762. The molecule has 4 heterocycles. The van der Waals surface area contributed by atoms with Crippen molar-refractivity contribution in [2.24, 2.45) is 0 Å². The van der Waals surface area contributed by atoms with E-state index in [-0.39, 0.29) is 5.91 Å². The molecule has 0 aliphatic carbocycles. The Bertz CT molecular complexity index is 809. The number of fused-ring (bicyclic) bond motifs is 1. The summed E-state index contributed by atoms with van der Waals surface area (Å²) < 4.78 is 1.91. The van der Waals surface area contributed by atoms with Gasteiger partial charge in [0, 0.05) is 37.1 Å². The Hall–Kier alpha value is -2.70. The summed E-state index contributed by atoms with van der Waals surface area (Å²) in [6.07, 6.45) is 9.98. The number of pyridine rings is 1. The first kappa shape index (κ1) is 13.9. The summed E-state index contributed by atoms with van der Waals surface area (Å²) in [7, 11) is 0. The molecule has 1 aliphatic heterocycles. The van der Waals surface area contributed by atoms with Crippen molar-refractivity contribution in [1.82, 2.24) is 29.9 Å². The smallest absolute Gasteiger partial charge is 0.254 e. The maximum absolute atomic E-state index is 12.9. The minimum Gasteiger partial charge on any atom is -0.346 e. The largest absolute Gasteiger partial charge is 0.346 e. The summed E-state index contributed by atoms with van der Waals surface area (Å²) in [4.78, 5) is 22.2. The number of carbonyl (C=O) groups is 1. The highest BCUT2D eigenvalue weighted by molar-refractivity contribution is 6.05. The average molecular weight is 310 g/mol. The van der Waals surface area contributed by atoms with E-state index in [4.69, 9.17) is 0 Å². The van der Waals surface area contributed by atoms with Crippen LogP contribution < -0.4 is 0 Å². The topological polar surface area (TPSA) is 79.7 Å². The van der Waals surface area contributed by atoms with Gasteiger partial charge in [0.2, 0.25) is 0 Å². The quantitative estimate of drug-likeness (QED) is 0.785. The lowest BCUT2D eigenvalue weighted by Gasteiger charge is -2.21. The highest BCUT2D eigenvalue weighted by atomic mass is 16.2. The van der Waals surface area contributed by atoms with Crippen molar-refractivity contribution < 1.29 is 4.79 Å². The van der Waals surface area contributed by atoms with Crippen molar-refractivity contribution in [3.8, 4) is 0 Å². The van der Waals surface area contributed by atoms with E-state index in [9.17, 15) is 4.79 Å². The zero-order chi connectivity index (χ0) is 15.6. The maximum Gasteiger partial charge on any atom is 0.254 e. The number of aromatic amines is 1. The zero-order valence-electron chi connectivity index (χ0n) is 12.7. The van der Waals surface area contributed by atoms with Crippen LogP contribution in [0, 0.1) is 0 Å². The van der Waals surface area contributed by atoms with Crippen LogP contribution in [0.5, 0.6) is 0 Å². The maximum atomic E-state index is 12.9. The molecule has 0 radical (unpaired) electrons. The fraction of sp³-hybridized carbons (Fsp3) is 0.375. The number of aromatic nitrogens is 5. The van der Waals surface area contributed by atoms with E-state index in [1.165, 1.54) is 0 Å². The monoisotopic (exact) mass is 310 g/mol. The van der Waals surface area contributed by atoms with E-state index in [1.54, 1.807) is 18.5 Å². The Balaban J connectivity index is 1.54. The lowest BCUT2D eigenvalue weighted by atomic mass is 10.1. The van der Waals surface area contributed by atoms with E-state index in [0.717, 1.165) is 48.9 Å². The van der Waals surface area contributed by atoms with Crippen molar-refractivity contribution in [1.29, 1.82) is 0 Å². The molecule has 7 nitrogen and oxygen atoms in total. The van der Waals surface area contributed by atoms with Crippen LogP contribution in [0.25, 0.3) is 11.0 Å². The van der Waals surface area contributed by atoms with Crippen LogP contribution in [0.4, 0.5) is 0 Å². The van der Waals surface area contributed by atoms with Gasteiger partial charge in [-0.15, -0.1) is 5.10 Å². The molecule has 23 heavy (non-hydrogen) atoms. The van der Waals surface area contributed by atoms with Crippen molar-refractivity contribution in [3.63, 3.8) is 0 Å². The Morgan fingerprint density at radius 2 is 2.17 bits per heavy atom. The third-order valence-corrected chi connectivity index (χ3v) is 4.49. The number of nitrogens with one attached hydrogen (secondary N) is 1. The van der Waals surface area contributed by atoms with Crippen LogP contribution in [-0.2, 0) is 0 Å². The molecule has 1 atom stereocenters. The number of likely N-dealkylation sites (tertiary alicyclic amines) is 1. The summed E-state index contributed by atoms with van der Waals surface area (Å²) in [5, 5.41) is 8.86. The van der Waals surface area contributed by atoms with Crippen molar-refractivity contribution in [2.75, 3.05) is 13.1 Å². The van der Waals surface area contributed by atoms with Crippen LogP contribution >= 0.6 is 0 Å². The van der Waals surface area contributed by atoms with Gasteiger partial charge in [-0.3, -0.25) is 4.79 Å². The molecular formula is C16H18N6O. The minimum atomic E-state index is 0.0799. The van der Waals surface area contributed by atoms with E-state index >= 15 is 0 Å². The SMILES string of the molecule is O=C(c1ccnc2[nH]ccc12)N1CCCC(n2ccnn2)CC1. The normalized spacial score (nSPS) is 19.0. The molecule has 118 valence electrons. The molecular weight excluding hydrogens is 292 g/mol. The lowest BCUT2D eigenvalue weighted by Crippen LogP contribution is -2.32. The summed E-state index contributed by atoms with van der Waals surface area (Å²) >= 11 is 0. The van der Waals surface area contributed by atoms with Gasteiger partial charge in [-0.1, -0.05) is 5.21 Å². The van der Waals surface area contributed by atoms with Crippen LogP contribution in [0.2, 0.25) is 0 Å². The first-order chi connectivity index (χ1) is 11.3. The Kier molecular flexibility index (Phi) is 3.53. The Morgan fingerprint density at radius 3 is 3.04 bits per heavy atom. The highest BCUT2D eigenvalue weighted by Gasteiger charge is 2.24. The molecule has 3 aromatic heterocycles. The highest BCUT2D eigenvalue weighted by Crippen LogP contribution is 2.24. The van der Waals surface area contributed by atoms with Gasteiger partial charge in [0.15, 0.2) is 0 Å². The van der Waals surface area contributed by atoms with E-state index in [1.807, 2.05) is 28.0 Å². The number of amides is 1. The van der Waals surface area contributed by atoms with Gasteiger partial charge in [0.1, 0.15) is 5.65 Å². The number of hydrogen-bond donors (Lipinski definition) is 1.